The van der Waals surface area contributed by atoms with Crippen molar-refractivity contribution in [2.75, 3.05) is 19.0 Å². The maximum atomic E-state index is 11.0. The third-order valence-electron chi connectivity index (χ3n) is 2.85. The summed E-state index contributed by atoms with van der Waals surface area (Å²) in [6.07, 6.45) is 4.24. The number of nitrogens with zero attached hydrogens (tertiary/aromatic N) is 2. The molecule has 0 aliphatic carbocycles. The van der Waals surface area contributed by atoms with E-state index in [0.29, 0.717) is 18.0 Å². The van der Waals surface area contributed by atoms with Gasteiger partial charge in [0.2, 0.25) is 0 Å². The number of nitrogens with one attached hydrogen (secondary N) is 1. The summed E-state index contributed by atoms with van der Waals surface area (Å²) in [5.41, 5.74) is 1.58. The minimum Gasteiger partial charge on any atom is -0.496 e. The number of nitro benzene ring substituents is 1. The minimum atomic E-state index is -0.422. The quantitative estimate of drug-likeness (QED) is 0.646. The molecule has 2 aromatic rings. The van der Waals surface area contributed by atoms with Crippen LogP contribution in [0.5, 0.6) is 5.75 Å². The molecule has 6 heteroatoms. The van der Waals surface area contributed by atoms with Crippen molar-refractivity contribution >= 4 is 11.4 Å². The van der Waals surface area contributed by atoms with Gasteiger partial charge >= 0.3 is 0 Å². The molecule has 0 atom stereocenters. The number of benzene rings is 1. The SMILES string of the molecule is COc1ccc(NCCc2cccnc2)c([N+](=O)[O-])c1. The van der Waals surface area contributed by atoms with Crippen molar-refractivity contribution in [2.45, 2.75) is 6.42 Å². The highest BCUT2D eigenvalue weighted by Gasteiger charge is 2.14. The Bertz CT molecular complexity index is 587. The molecule has 1 heterocycles. The Labute approximate surface area is 116 Å². The molecule has 0 bridgehead atoms. The van der Waals surface area contributed by atoms with Gasteiger partial charge in [0.05, 0.1) is 18.1 Å². The summed E-state index contributed by atoms with van der Waals surface area (Å²) >= 11 is 0. The van der Waals surface area contributed by atoms with E-state index in [0.717, 1.165) is 12.0 Å². The van der Waals surface area contributed by atoms with Gasteiger partial charge in [0.25, 0.3) is 5.69 Å². The van der Waals surface area contributed by atoms with E-state index in [1.54, 1.807) is 24.5 Å². The first-order chi connectivity index (χ1) is 9.70. The normalized spacial score (nSPS) is 10.1. The van der Waals surface area contributed by atoms with Crippen LogP contribution in [-0.2, 0) is 6.42 Å². The second kappa shape index (κ2) is 6.51. The first-order valence-electron chi connectivity index (χ1n) is 6.16. The van der Waals surface area contributed by atoms with Crippen LogP contribution in [0, 0.1) is 10.1 Å². The van der Waals surface area contributed by atoms with Crippen molar-refractivity contribution in [1.29, 1.82) is 0 Å². The van der Waals surface area contributed by atoms with Crippen LogP contribution >= 0.6 is 0 Å². The van der Waals surface area contributed by atoms with Crippen molar-refractivity contribution in [3.63, 3.8) is 0 Å². The van der Waals surface area contributed by atoms with E-state index in [-0.39, 0.29) is 5.69 Å². The number of hydrogen-bond acceptors (Lipinski definition) is 5. The zero-order chi connectivity index (χ0) is 14.4. The summed E-state index contributed by atoms with van der Waals surface area (Å²) < 4.78 is 4.99. The summed E-state index contributed by atoms with van der Waals surface area (Å²) in [5, 5.41) is 14.1. The summed E-state index contributed by atoms with van der Waals surface area (Å²) in [7, 11) is 1.48. The fourth-order valence-electron chi connectivity index (χ4n) is 1.83. The molecule has 1 aromatic heterocycles. The lowest BCUT2D eigenvalue weighted by Gasteiger charge is -2.08. The van der Waals surface area contributed by atoms with Crippen molar-refractivity contribution in [3.8, 4) is 5.75 Å². The standard InChI is InChI=1S/C14H15N3O3/c1-20-12-4-5-13(14(9-12)17(18)19)16-8-6-11-3-2-7-15-10-11/h2-5,7,9-10,16H,6,8H2,1H3. The molecule has 6 nitrogen and oxygen atoms in total. The number of pyridine rings is 1. The van der Waals surface area contributed by atoms with Crippen LogP contribution in [0.15, 0.2) is 42.7 Å². The highest BCUT2D eigenvalue weighted by atomic mass is 16.6. The smallest absolute Gasteiger partial charge is 0.296 e. The Kier molecular flexibility index (Phi) is 4.49. The summed E-state index contributed by atoms with van der Waals surface area (Å²) in [6.45, 7) is 0.596. The molecule has 1 N–H and O–H groups in total. The molecule has 0 saturated heterocycles. The molecule has 0 unspecified atom stereocenters. The van der Waals surface area contributed by atoms with E-state index in [4.69, 9.17) is 4.74 Å². The number of ether oxygens (including phenoxy) is 1. The van der Waals surface area contributed by atoms with Crippen molar-refractivity contribution in [1.82, 2.24) is 4.98 Å². The van der Waals surface area contributed by atoms with Crippen molar-refractivity contribution in [2.24, 2.45) is 0 Å². The summed E-state index contributed by atoms with van der Waals surface area (Å²) in [4.78, 5) is 14.6. The molecule has 2 rings (SSSR count). The van der Waals surface area contributed by atoms with Crippen LogP contribution < -0.4 is 10.1 Å². The van der Waals surface area contributed by atoms with Crippen LogP contribution in [0.3, 0.4) is 0 Å². The van der Waals surface area contributed by atoms with Gasteiger partial charge in [0.1, 0.15) is 11.4 Å². The van der Waals surface area contributed by atoms with Gasteiger partial charge < -0.3 is 10.1 Å². The molecule has 0 aliphatic heterocycles. The van der Waals surface area contributed by atoms with E-state index in [1.807, 2.05) is 12.1 Å². The molecule has 0 fully saturated rings. The fraction of sp³-hybridized carbons (Fsp3) is 0.214. The molecule has 20 heavy (non-hydrogen) atoms. The third-order valence-corrected chi connectivity index (χ3v) is 2.85. The van der Waals surface area contributed by atoms with Gasteiger partial charge in [-0.25, -0.2) is 0 Å². The lowest BCUT2D eigenvalue weighted by molar-refractivity contribution is -0.384. The lowest BCUT2D eigenvalue weighted by Crippen LogP contribution is -2.07. The van der Waals surface area contributed by atoms with Crippen LogP contribution in [0.4, 0.5) is 11.4 Å². The first-order valence-corrected chi connectivity index (χ1v) is 6.16. The Morgan fingerprint density at radius 3 is 2.90 bits per heavy atom. The minimum absolute atomic E-state index is 0.00976. The molecule has 104 valence electrons. The van der Waals surface area contributed by atoms with Crippen LogP contribution in [0.2, 0.25) is 0 Å². The second-order valence-corrected chi connectivity index (χ2v) is 4.18. The highest BCUT2D eigenvalue weighted by Crippen LogP contribution is 2.28. The number of nitro groups is 1. The highest BCUT2D eigenvalue weighted by molar-refractivity contribution is 5.63. The molecule has 0 saturated carbocycles. The van der Waals surface area contributed by atoms with Crippen molar-refractivity contribution < 1.29 is 9.66 Å². The second-order valence-electron chi connectivity index (χ2n) is 4.18. The van der Waals surface area contributed by atoms with E-state index >= 15 is 0 Å². The molecule has 1 aromatic carbocycles. The maximum Gasteiger partial charge on any atom is 0.296 e. The fourth-order valence-corrected chi connectivity index (χ4v) is 1.83. The van der Waals surface area contributed by atoms with Gasteiger partial charge in [-0.15, -0.1) is 0 Å². The number of methoxy groups -OCH3 is 1. The first kappa shape index (κ1) is 13.8. The third kappa shape index (κ3) is 3.44. The van der Waals surface area contributed by atoms with Gasteiger partial charge in [0.15, 0.2) is 0 Å². The Hall–Kier alpha value is -2.63. The maximum absolute atomic E-state index is 11.0. The van der Waals surface area contributed by atoms with E-state index in [2.05, 4.69) is 10.3 Å². The molecule has 0 spiro atoms. The monoisotopic (exact) mass is 273 g/mol. The summed E-state index contributed by atoms with van der Waals surface area (Å²) in [6, 6.07) is 8.59. The van der Waals surface area contributed by atoms with Crippen LogP contribution in [0.25, 0.3) is 0 Å². The van der Waals surface area contributed by atoms with Gasteiger partial charge in [-0.1, -0.05) is 6.07 Å². The Balaban J connectivity index is 2.04. The lowest BCUT2D eigenvalue weighted by atomic mass is 10.2. The van der Waals surface area contributed by atoms with E-state index in [1.165, 1.54) is 13.2 Å². The molecule has 0 radical (unpaired) electrons. The zero-order valence-corrected chi connectivity index (χ0v) is 11.1. The summed E-state index contributed by atoms with van der Waals surface area (Å²) in [5.74, 6) is 0.467. The largest absolute Gasteiger partial charge is 0.496 e. The van der Waals surface area contributed by atoms with Gasteiger partial charge in [-0.3, -0.25) is 15.1 Å². The van der Waals surface area contributed by atoms with Crippen molar-refractivity contribution in [3.05, 3.63) is 58.4 Å². The average molecular weight is 273 g/mol. The number of rotatable bonds is 6. The zero-order valence-electron chi connectivity index (χ0n) is 11.1. The Morgan fingerprint density at radius 1 is 1.40 bits per heavy atom. The molecule has 0 aliphatic rings. The Morgan fingerprint density at radius 2 is 2.25 bits per heavy atom. The molecular weight excluding hydrogens is 258 g/mol. The van der Waals surface area contributed by atoms with Gasteiger partial charge in [-0.05, 0) is 30.2 Å². The van der Waals surface area contributed by atoms with Crippen LogP contribution in [0.1, 0.15) is 5.56 Å². The topological polar surface area (TPSA) is 77.3 Å². The van der Waals surface area contributed by atoms with Gasteiger partial charge in [0, 0.05) is 18.9 Å². The van der Waals surface area contributed by atoms with Crippen LogP contribution in [-0.4, -0.2) is 23.6 Å². The molecule has 0 amide bonds. The van der Waals surface area contributed by atoms with Gasteiger partial charge in [-0.2, -0.15) is 0 Å². The van der Waals surface area contributed by atoms with E-state index < -0.39 is 4.92 Å². The predicted octanol–water partition coefficient (Wildman–Crippen LogP) is 2.65. The van der Waals surface area contributed by atoms with E-state index in [9.17, 15) is 10.1 Å². The number of anilines is 1. The number of aromatic nitrogens is 1. The molecular formula is C14H15N3O3. The average Bonchev–Trinajstić information content (AvgIpc) is 2.48. The predicted molar refractivity (Wildman–Crippen MR) is 76.1 cm³/mol. The number of hydrogen-bond donors (Lipinski definition) is 1.